The van der Waals surface area contributed by atoms with Crippen LogP contribution in [0.3, 0.4) is 0 Å². The van der Waals surface area contributed by atoms with Crippen molar-refractivity contribution in [2.24, 2.45) is 0 Å². The number of rotatable bonds is 1. The van der Waals surface area contributed by atoms with E-state index in [1.54, 1.807) is 0 Å². The average Bonchev–Trinajstić information content (AvgIpc) is 2.53. The average molecular weight is 259 g/mol. The zero-order chi connectivity index (χ0) is 8.39. The van der Waals surface area contributed by atoms with E-state index in [0.717, 1.165) is 17.0 Å². The summed E-state index contributed by atoms with van der Waals surface area (Å²) in [4.78, 5) is 0. The molecule has 1 heterocycles. The van der Waals surface area contributed by atoms with Crippen LogP contribution in [-0.4, -0.2) is 10.3 Å². The number of nitrogens with zero attached hydrogens (tertiary/aromatic N) is 3. The van der Waals surface area contributed by atoms with E-state index >= 15 is 0 Å². The minimum absolute atomic E-state index is 0. The minimum Gasteiger partial charge on any atom is -0.355 e. The molecule has 4 heteroatoms. The van der Waals surface area contributed by atoms with Gasteiger partial charge in [-0.2, -0.15) is 0 Å². The van der Waals surface area contributed by atoms with Crippen molar-refractivity contribution in [2.45, 2.75) is 6.92 Å². The Morgan fingerprint density at radius 1 is 1.15 bits per heavy atom. The Hall–Kier alpha value is -1.02. The molecule has 0 unspecified atom stereocenters. The van der Waals surface area contributed by atoms with Gasteiger partial charge in [-0.25, -0.2) is 0 Å². The summed E-state index contributed by atoms with van der Waals surface area (Å²) in [5.41, 5.74) is 2.82. The van der Waals surface area contributed by atoms with E-state index in [9.17, 15) is 0 Å². The van der Waals surface area contributed by atoms with E-state index in [0.29, 0.717) is 0 Å². The SMILES string of the molecule is Cc1nn[n-]c1-c1ccccc1.[Ru+]. The zero-order valence-corrected chi connectivity index (χ0v) is 8.82. The first-order chi connectivity index (χ1) is 5.88. The maximum atomic E-state index is 3.92. The van der Waals surface area contributed by atoms with Crippen LogP contribution in [0, 0.1) is 6.92 Å². The Kier molecular flexibility index (Phi) is 3.32. The molecule has 0 bridgehead atoms. The Morgan fingerprint density at radius 3 is 2.38 bits per heavy atom. The molecule has 0 saturated heterocycles. The van der Waals surface area contributed by atoms with Crippen LogP contribution >= 0.6 is 0 Å². The fourth-order valence-corrected chi connectivity index (χ4v) is 1.12. The van der Waals surface area contributed by atoms with Crippen molar-refractivity contribution < 1.29 is 19.5 Å². The number of aryl methyl sites for hydroxylation is 1. The van der Waals surface area contributed by atoms with Crippen LogP contribution in [0.15, 0.2) is 30.3 Å². The molecule has 0 atom stereocenters. The molecule has 0 aliphatic rings. The summed E-state index contributed by atoms with van der Waals surface area (Å²) in [5, 5.41) is 11.4. The van der Waals surface area contributed by atoms with Crippen molar-refractivity contribution in [3.8, 4) is 11.3 Å². The summed E-state index contributed by atoms with van der Waals surface area (Å²) in [6.07, 6.45) is 0. The smallest absolute Gasteiger partial charge is 0.355 e. The summed E-state index contributed by atoms with van der Waals surface area (Å²) in [5.74, 6) is 0. The van der Waals surface area contributed by atoms with Gasteiger partial charge in [0.25, 0.3) is 0 Å². The number of aromatic nitrogens is 3. The van der Waals surface area contributed by atoms with E-state index in [-0.39, 0.29) is 19.5 Å². The van der Waals surface area contributed by atoms with Gasteiger partial charge < -0.3 is 10.2 Å². The van der Waals surface area contributed by atoms with Crippen molar-refractivity contribution in [3.63, 3.8) is 0 Å². The molecule has 0 aliphatic carbocycles. The maximum Gasteiger partial charge on any atom is 1.00 e. The molecular weight excluding hydrogens is 251 g/mol. The van der Waals surface area contributed by atoms with Crippen LogP contribution in [0.5, 0.6) is 0 Å². The summed E-state index contributed by atoms with van der Waals surface area (Å²) < 4.78 is 0. The first-order valence-electron chi connectivity index (χ1n) is 3.76. The largest absolute Gasteiger partial charge is 1.00 e. The van der Waals surface area contributed by atoms with Crippen molar-refractivity contribution >= 4 is 0 Å². The molecule has 13 heavy (non-hydrogen) atoms. The van der Waals surface area contributed by atoms with Crippen LogP contribution < -0.4 is 5.10 Å². The fraction of sp³-hybridized carbons (Fsp3) is 0.111. The molecule has 0 spiro atoms. The second-order valence-corrected chi connectivity index (χ2v) is 2.59. The van der Waals surface area contributed by atoms with Crippen LogP contribution in [0.4, 0.5) is 0 Å². The summed E-state index contributed by atoms with van der Waals surface area (Å²) in [6.45, 7) is 1.91. The van der Waals surface area contributed by atoms with Gasteiger partial charge in [0, 0.05) is 0 Å². The number of benzene rings is 1. The van der Waals surface area contributed by atoms with Crippen LogP contribution in [0.1, 0.15) is 5.69 Å². The second-order valence-electron chi connectivity index (χ2n) is 2.59. The molecule has 2 aromatic rings. The van der Waals surface area contributed by atoms with E-state index in [4.69, 9.17) is 0 Å². The Morgan fingerprint density at radius 2 is 1.85 bits per heavy atom. The van der Waals surface area contributed by atoms with Crippen molar-refractivity contribution in [3.05, 3.63) is 36.0 Å². The van der Waals surface area contributed by atoms with E-state index in [1.807, 2.05) is 37.3 Å². The molecule has 1 radical (unpaired) electrons. The molecule has 67 valence electrons. The zero-order valence-electron chi connectivity index (χ0n) is 7.08. The van der Waals surface area contributed by atoms with E-state index in [2.05, 4.69) is 15.4 Å². The molecule has 1 aromatic carbocycles. The molecule has 0 fully saturated rings. The fourth-order valence-electron chi connectivity index (χ4n) is 1.12. The summed E-state index contributed by atoms with van der Waals surface area (Å²) in [6, 6.07) is 9.92. The predicted octanol–water partition coefficient (Wildman–Crippen LogP) is 1.41. The van der Waals surface area contributed by atoms with Crippen molar-refractivity contribution in [1.29, 1.82) is 0 Å². The van der Waals surface area contributed by atoms with Crippen LogP contribution in [0.2, 0.25) is 0 Å². The standard InChI is InChI=1S/C9H8N3.Ru/c1-7-9(11-12-10-7)8-5-3-2-4-6-8;/h2-6H,1H3;/q-1;+1. The predicted molar refractivity (Wildman–Crippen MR) is 45.5 cm³/mol. The van der Waals surface area contributed by atoms with Gasteiger partial charge in [-0.3, -0.25) is 5.21 Å². The van der Waals surface area contributed by atoms with Gasteiger partial charge in [-0.05, 0) is 23.9 Å². The quantitative estimate of drug-likeness (QED) is 0.727. The van der Waals surface area contributed by atoms with Gasteiger partial charge >= 0.3 is 19.5 Å². The van der Waals surface area contributed by atoms with Crippen LogP contribution in [-0.2, 0) is 19.5 Å². The number of hydrogen-bond donors (Lipinski definition) is 0. The molecule has 0 amide bonds. The second kappa shape index (κ2) is 4.29. The van der Waals surface area contributed by atoms with Crippen molar-refractivity contribution in [1.82, 2.24) is 15.4 Å². The monoisotopic (exact) mass is 260 g/mol. The Balaban J connectivity index is 0.000000845. The van der Waals surface area contributed by atoms with Gasteiger partial charge in [0.15, 0.2) is 0 Å². The van der Waals surface area contributed by atoms with E-state index < -0.39 is 0 Å². The first kappa shape index (κ1) is 10.1. The van der Waals surface area contributed by atoms with Gasteiger partial charge in [0.1, 0.15) is 0 Å². The van der Waals surface area contributed by atoms with E-state index in [1.165, 1.54) is 0 Å². The minimum atomic E-state index is 0. The number of hydrogen-bond acceptors (Lipinski definition) is 2. The normalized spacial score (nSPS) is 9.31. The molecule has 0 aliphatic heterocycles. The third kappa shape index (κ3) is 2.01. The molecule has 3 nitrogen and oxygen atoms in total. The molecule has 0 saturated carbocycles. The topological polar surface area (TPSA) is 39.9 Å². The van der Waals surface area contributed by atoms with Gasteiger partial charge in [0.05, 0.1) is 0 Å². The first-order valence-corrected chi connectivity index (χ1v) is 3.76. The van der Waals surface area contributed by atoms with Crippen molar-refractivity contribution in [2.75, 3.05) is 0 Å². The third-order valence-corrected chi connectivity index (χ3v) is 1.73. The summed E-state index contributed by atoms with van der Waals surface area (Å²) in [7, 11) is 0. The van der Waals surface area contributed by atoms with Gasteiger partial charge in [-0.15, -0.1) is 0 Å². The molecular formula is C9H8N3Ru. The van der Waals surface area contributed by atoms with Gasteiger partial charge in [0.2, 0.25) is 0 Å². The summed E-state index contributed by atoms with van der Waals surface area (Å²) >= 11 is 0. The molecule has 1 aromatic heterocycles. The molecule has 2 rings (SSSR count). The van der Waals surface area contributed by atoms with Gasteiger partial charge in [-0.1, -0.05) is 30.3 Å². The molecule has 0 N–H and O–H groups in total. The van der Waals surface area contributed by atoms with Crippen LogP contribution in [0.25, 0.3) is 11.3 Å². The maximum absolute atomic E-state index is 3.92. The third-order valence-electron chi connectivity index (χ3n) is 1.73. The Bertz CT molecular complexity index is 369. The Labute approximate surface area is 89.3 Å².